The third-order valence-corrected chi connectivity index (χ3v) is 3.68. The SMILES string of the molecule is COc1ccc(-c2nc(C)c(-c3ccc(OC)nc3)nc2C)cn1. The normalized spacial score (nSPS) is 10.5. The number of ether oxygens (including phenoxy) is 2. The number of methoxy groups -OCH3 is 2. The van der Waals surface area contributed by atoms with Crippen molar-refractivity contribution in [1.29, 1.82) is 0 Å². The highest BCUT2D eigenvalue weighted by Gasteiger charge is 2.12. The van der Waals surface area contributed by atoms with Crippen LogP contribution in [-0.2, 0) is 0 Å². The summed E-state index contributed by atoms with van der Waals surface area (Å²) in [7, 11) is 3.18. The lowest BCUT2D eigenvalue weighted by molar-refractivity contribution is 0.398. The topological polar surface area (TPSA) is 70.0 Å². The first kappa shape index (κ1) is 15.9. The van der Waals surface area contributed by atoms with Gasteiger partial charge in [0.25, 0.3) is 0 Å². The van der Waals surface area contributed by atoms with Gasteiger partial charge >= 0.3 is 0 Å². The largest absolute Gasteiger partial charge is 0.481 e. The van der Waals surface area contributed by atoms with E-state index in [0.717, 1.165) is 33.9 Å². The average Bonchev–Trinajstić information content (AvgIpc) is 2.63. The fourth-order valence-electron chi connectivity index (χ4n) is 2.43. The van der Waals surface area contributed by atoms with Gasteiger partial charge in [-0.2, -0.15) is 0 Å². The first-order chi connectivity index (χ1) is 11.6. The van der Waals surface area contributed by atoms with Gasteiger partial charge in [0.15, 0.2) is 0 Å². The van der Waals surface area contributed by atoms with E-state index < -0.39 is 0 Å². The molecule has 3 aromatic rings. The summed E-state index contributed by atoms with van der Waals surface area (Å²) in [5.41, 5.74) is 5.10. The summed E-state index contributed by atoms with van der Waals surface area (Å²) in [6, 6.07) is 7.48. The van der Waals surface area contributed by atoms with Gasteiger partial charge in [0.1, 0.15) is 0 Å². The van der Waals surface area contributed by atoms with E-state index in [1.807, 2.05) is 38.1 Å². The van der Waals surface area contributed by atoms with Crippen molar-refractivity contribution in [2.24, 2.45) is 0 Å². The Morgan fingerprint density at radius 1 is 0.667 bits per heavy atom. The number of aryl methyl sites for hydroxylation is 2. The van der Waals surface area contributed by atoms with Crippen LogP contribution in [0.15, 0.2) is 36.7 Å². The molecule has 6 nitrogen and oxygen atoms in total. The minimum atomic E-state index is 0.571. The molecule has 0 fully saturated rings. The molecule has 0 radical (unpaired) electrons. The molecule has 0 aliphatic heterocycles. The molecule has 0 aromatic carbocycles. The van der Waals surface area contributed by atoms with Crippen molar-refractivity contribution in [3.63, 3.8) is 0 Å². The van der Waals surface area contributed by atoms with Crippen molar-refractivity contribution in [3.8, 4) is 34.3 Å². The van der Waals surface area contributed by atoms with Crippen LogP contribution in [0.5, 0.6) is 11.8 Å². The van der Waals surface area contributed by atoms with Crippen LogP contribution in [0.25, 0.3) is 22.5 Å². The molecule has 0 saturated carbocycles. The fourth-order valence-corrected chi connectivity index (χ4v) is 2.43. The van der Waals surface area contributed by atoms with E-state index in [9.17, 15) is 0 Å². The highest BCUT2D eigenvalue weighted by molar-refractivity contribution is 5.67. The third-order valence-electron chi connectivity index (χ3n) is 3.68. The maximum atomic E-state index is 5.09. The Morgan fingerprint density at radius 2 is 1.08 bits per heavy atom. The zero-order chi connectivity index (χ0) is 17.1. The monoisotopic (exact) mass is 322 g/mol. The Morgan fingerprint density at radius 3 is 1.38 bits per heavy atom. The number of hydrogen-bond acceptors (Lipinski definition) is 6. The third kappa shape index (κ3) is 3.03. The second kappa shape index (κ2) is 6.62. The molecule has 0 aliphatic rings. The van der Waals surface area contributed by atoms with Crippen molar-refractivity contribution >= 4 is 0 Å². The molecule has 24 heavy (non-hydrogen) atoms. The van der Waals surface area contributed by atoms with Crippen LogP contribution in [0.1, 0.15) is 11.4 Å². The van der Waals surface area contributed by atoms with Crippen molar-refractivity contribution in [2.75, 3.05) is 14.2 Å². The minimum Gasteiger partial charge on any atom is -0.481 e. The summed E-state index contributed by atoms with van der Waals surface area (Å²) in [6.07, 6.45) is 3.48. The first-order valence-corrected chi connectivity index (χ1v) is 7.48. The van der Waals surface area contributed by atoms with Gasteiger partial charge in [-0.15, -0.1) is 0 Å². The fraction of sp³-hybridized carbons (Fsp3) is 0.222. The van der Waals surface area contributed by atoms with Gasteiger partial charge in [0, 0.05) is 35.7 Å². The maximum Gasteiger partial charge on any atom is 0.212 e. The number of aromatic nitrogens is 4. The minimum absolute atomic E-state index is 0.571. The van der Waals surface area contributed by atoms with E-state index in [4.69, 9.17) is 19.4 Å². The van der Waals surface area contributed by atoms with Gasteiger partial charge < -0.3 is 9.47 Å². The molecule has 122 valence electrons. The van der Waals surface area contributed by atoms with Crippen molar-refractivity contribution in [1.82, 2.24) is 19.9 Å². The standard InChI is InChI=1S/C18H18N4O2/c1-11-17(13-5-7-15(23-3)19-9-13)22-12(2)18(21-11)14-6-8-16(24-4)20-10-14/h5-10H,1-4H3. The second-order valence-electron chi connectivity index (χ2n) is 5.27. The molecular formula is C18H18N4O2. The summed E-state index contributed by atoms with van der Waals surface area (Å²) >= 11 is 0. The van der Waals surface area contributed by atoms with E-state index in [-0.39, 0.29) is 0 Å². The molecule has 0 spiro atoms. The van der Waals surface area contributed by atoms with Gasteiger partial charge in [0.05, 0.1) is 37.0 Å². The van der Waals surface area contributed by atoms with Crippen LogP contribution in [0.4, 0.5) is 0 Å². The molecule has 6 heteroatoms. The van der Waals surface area contributed by atoms with E-state index in [1.165, 1.54) is 0 Å². The van der Waals surface area contributed by atoms with Crippen molar-refractivity contribution < 1.29 is 9.47 Å². The highest BCUT2D eigenvalue weighted by atomic mass is 16.5. The smallest absolute Gasteiger partial charge is 0.212 e. The summed E-state index contributed by atoms with van der Waals surface area (Å²) < 4.78 is 10.2. The van der Waals surface area contributed by atoms with Crippen LogP contribution in [-0.4, -0.2) is 34.2 Å². The van der Waals surface area contributed by atoms with Crippen molar-refractivity contribution in [3.05, 3.63) is 48.0 Å². The van der Waals surface area contributed by atoms with Gasteiger partial charge in [-0.3, -0.25) is 0 Å². The van der Waals surface area contributed by atoms with E-state index >= 15 is 0 Å². The Balaban J connectivity index is 2.01. The van der Waals surface area contributed by atoms with E-state index in [2.05, 4.69) is 9.97 Å². The average molecular weight is 322 g/mol. The predicted molar refractivity (Wildman–Crippen MR) is 91.1 cm³/mol. The molecule has 0 bridgehead atoms. The van der Waals surface area contributed by atoms with Crippen LogP contribution >= 0.6 is 0 Å². The van der Waals surface area contributed by atoms with Gasteiger partial charge in [0.2, 0.25) is 11.8 Å². The number of nitrogens with zero attached hydrogens (tertiary/aromatic N) is 4. The lowest BCUT2D eigenvalue weighted by Crippen LogP contribution is -2.00. The summed E-state index contributed by atoms with van der Waals surface area (Å²) in [4.78, 5) is 17.9. The lowest BCUT2D eigenvalue weighted by atomic mass is 10.1. The number of rotatable bonds is 4. The van der Waals surface area contributed by atoms with Gasteiger partial charge in [-0.25, -0.2) is 19.9 Å². The number of pyridine rings is 2. The van der Waals surface area contributed by atoms with Crippen LogP contribution in [0, 0.1) is 13.8 Å². The van der Waals surface area contributed by atoms with E-state index in [0.29, 0.717) is 11.8 Å². The summed E-state index contributed by atoms with van der Waals surface area (Å²) in [5.74, 6) is 1.14. The Labute approximate surface area is 140 Å². The highest BCUT2D eigenvalue weighted by Crippen LogP contribution is 2.27. The summed E-state index contributed by atoms with van der Waals surface area (Å²) in [5, 5.41) is 0. The molecule has 0 amide bonds. The molecule has 3 rings (SSSR count). The van der Waals surface area contributed by atoms with Crippen LogP contribution in [0.3, 0.4) is 0 Å². The number of hydrogen-bond donors (Lipinski definition) is 0. The Hall–Kier alpha value is -3.02. The molecule has 0 N–H and O–H groups in total. The molecular weight excluding hydrogens is 304 g/mol. The van der Waals surface area contributed by atoms with Gasteiger partial charge in [-0.05, 0) is 26.0 Å². The predicted octanol–water partition coefficient (Wildman–Crippen LogP) is 3.23. The van der Waals surface area contributed by atoms with Crippen molar-refractivity contribution in [2.45, 2.75) is 13.8 Å². The molecule has 0 atom stereocenters. The van der Waals surface area contributed by atoms with Crippen LogP contribution in [0.2, 0.25) is 0 Å². The molecule has 0 aliphatic carbocycles. The van der Waals surface area contributed by atoms with Gasteiger partial charge in [-0.1, -0.05) is 0 Å². The lowest BCUT2D eigenvalue weighted by Gasteiger charge is -2.11. The molecule has 3 aromatic heterocycles. The maximum absolute atomic E-state index is 5.09. The van der Waals surface area contributed by atoms with Crippen LogP contribution < -0.4 is 9.47 Å². The Kier molecular flexibility index (Phi) is 4.37. The second-order valence-corrected chi connectivity index (χ2v) is 5.27. The Bertz CT molecular complexity index is 773. The quantitative estimate of drug-likeness (QED) is 0.734. The zero-order valence-electron chi connectivity index (χ0n) is 14.1. The zero-order valence-corrected chi connectivity index (χ0v) is 14.1. The summed E-state index contributed by atoms with van der Waals surface area (Å²) in [6.45, 7) is 3.87. The molecule has 0 unspecified atom stereocenters. The molecule has 3 heterocycles. The van der Waals surface area contributed by atoms with E-state index in [1.54, 1.807) is 26.6 Å². The first-order valence-electron chi connectivity index (χ1n) is 7.48. The molecule has 0 saturated heterocycles.